The lowest BCUT2D eigenvalue weighted by atomic mass is 10.1. The second-order valence-corrected chi connectivity index (χ2v) is 4.73. The fourth-order valence-corrected chi connectivity index (χ4v) is 2.09. The third-order valence-electron chi connectivity index (χ3n) is 3.18. The van der Waals surface area contributed by atoms with Crippen LogP contribution in [0.3, 0.4) is 0 Å². The number of aromatic nitrogens is 2. The van der Waals surface area contributed by atoms with Gasteiger partial charge in [0.25, 0.3) is 5.91 Å². The van der Waals surface area contributed by atoms with Gasteiger partial charge in [-0.1, -0.05) is 30.3 Å². The lowest BCUT2D eigenvalue weighted by Crippen LogP contribution is -2.11. The fourth-order valence-electron chi connectivity index (χ4n) is 2.09. The fraction of sp³-hybridized carbons (Fsp3) is 0. The van der Waals surface area contributed by atoms with Crippen LogP contribution in [0.2, 0.25) is 0 Å². The van der Waals surface area contributed by atoms with Crippen LogP contribution in [-0.4, -0.2) is 22.4 Å². The number of benzene rings is 2. The molecule has 0 saturated heterocycles. The summed E-state index contributed by atoms with van der Waals surface area (Å²) in [4.78, 5) is 22.8. The van der Waals surface area contributed by atoms with Gasteiger partial charge in [0.1, 0.15) is 0 Å². The van der Waals surface area contributed by atoms with Crippen molar-refractivity contribution in [3.63, 3.8) is 0 Å². The summed E-state index contributed by atoms with van der Waals surface area (Å²) in [7, 11) is 0. The maximum absolute atomic E-state index is 12.1. The SMILES string of the molecule is O=Cc1cc(-c2cccc(NC(=O)c3ccccc3)c2)n[nH]1. The summed E-state index contributed by atoms with van der Waals surface area (Å²) in [6.07, 6.45) is 0.706. The molecule has 0 atom stereocenters. The van der Waals surface area contributed by atoms with Crippen LogP contribution in [0.4, 0.5) is 5.69 Å². The van der Waals surface area contributed by atoms with E-state index < -0.39 is 0 Å². The van der Waals surface area contributed by atoms with Crippen LogP contribution in [-0.2, 0) is 0 Å². The van der Waals surface area contributed by atoms with E-state index in [0.29, 0.717) is 28.9 Å². The first kappa shape index (κ1) is 13.8. The van der Waals surface area contributed by atoms with E-state index in [4.69, 9.17) is 0 Å². The third-order valence-corrected chi connectivity index (χ3v) is 3.18. The van der Waals surface area contributed by atoms with Crippen molar-refractivity contribution >= 4 is 17.9 Å². The van der Waals surface area contributed by atoms with E-state index in [-0.39, 0.29) is 5.91 Å². The summed E-state index contributed by atoms with van der Waals surface area (Å²) in [6, 6.07) is 18.0. The number of hydrogen-bond acceptors (Lipinski definition) is 3. The Morgan fingerprint density at radius 3 is 2.59 bits per heavy atom. The lowest BCUT2D eigenvalue weighted by molar-refractivity contribution is 0.102. The van der Waals surface area contributed by atoms with Gasteiger partial charge in [-0.15, -0.1) is 0 Å². The summed E-state index contributed by atoms with van der Waals surface area (Å²) in [5.74, 6) is -0.173. The molecular weight excluding hydrogens is 278 g/mol. The number of carbonyl (C=O) groups is 2. The number of H-pyrrole nitrogens is 1. The maximum Gasteiger partial charge on any atom is 0.255 e. The second-order valence-electron chi connectivity index (χ2n) is 4.73. The quantitative estimate of drug-likeness (QED) is 0.725. The van der Waals surface area contributed by atoms with E-state index in [1.54, 1.807) is 24.3 Å². The lowest BCUT2D eigenvalue weighted by Gasteiger charge is -2.06. The molecule has 1 aromatic heterocycles. The molecule has 0 spiro atoms. The Hall–Kier alpha value is -3.21. The van der Waals surface area contributed by atoms with Crippen LogP contribution in [0.1, 0.15) is 20.8 Å². The zero-order valence-electron chi connectivity index (χ0n) is 11.6. The molecule has 0 aliphatic rings. The number of amides is 1. The molecule has 0 aliphatic heterocycles. The van der Waals surface area contributed by atoms with Crippen molar-refractivity contribution in [3.8, 4) is 11.3 Å². The van der Waals surface area contributed by atoms with Gasteiger partial charge in [0.05, 0.1) is 11.4 Å². The Bertz CT molecular complexity index is 810. The number of nitrogens with zero attached hydrogens (tertiary/aromatic N) is 1. The highest BCUT2D eigenvalue weighted by atomic mass is 16.1. The molecule has 1 heterocycles. The Kier molecular flexibility index (Phi) is 3.78. The van der Waals surface area contributed by atoms with Crippen LogP contribution in [0, 0.1) is 0 Å². The first-order chi connectivity index (χ1) is 10.8. The van der Waals surface area contributed by atoms with Gasteiger partial charge in [-0.3, -0.25) is 14.7 Å². The first-order valence-corrected chi connectivity index (χ1v) is 6.74. The smallest absolute Gasteiger partial charge is 0.255 e. The molecule has 5 heteroatoms. The summed E-state index contributed by atoms with van der Waals surface area (Å²) < 4.78 is 0. The van der Waals surface area contributed by atoms with Crippen molar-refractivity contribution in [2.24, 2.45) is 0 Å². The third kappa shape index (κ3) is 2.93. The van der Waals surface area contributed by atoms with E-state index in [9.17, 15) is 9.59 Å². The van der Waals surface area contributed by atoms with Crippen molar-refractivity contribution in [2.75, 3.05) is 5.32 Å². The normalized spacial score (nSPS) is 10.2. The largest absolute Gasteiger partial charge is 0.322 e. The molecular formula is C17H13N3O2. The molecule has 5 nitrogen and oxygen atoms in total. The first-order valence-electron chi connectivity index (χ1n) is 6.74. The van der Waals surface area contributed by atoms with Crippen molar-refractivity contribution in [3.05, 3.63) is 71.9 Å². The molecule has 2 N–H and O–H groups in total. The zero-order valence-corrected chi connectivity index (χ0v) is 11.6. The number of carbonyl (C=O) groups excluding carboxylic acids is 2. The van der Waals surface area contributed by atoms with E-state index in [0.717, 1.165) is 5.56 Å². The number of hydrogen-bond donors (Lipinski definition) is 2. The van der Waals surface area contributed by atoms with Gasteiger partial charge in [0.2, 0.25) is 0 Å². The Balaban J connectivity index is 1.82. The highest BCUT2D eigenvalue weighted by Gasteiger charge is 2.07. The molecule has 0 fully saturated rings. The molecule has 22 heavy (non-hydrogen) atoms. The number of rotatable bonds is 4. The summed E-state index contributed by atoms with van der Waals surface area (Å²) in [5.41, 5.74) is 3.14. The van der Waals surface area contributed by atoms with Gasteiger partial charge in [0.15, 0.2) is 6.29 Å². The Morgan fingerprint density at radius 1 is 1.05 bits per heavy atom. The van der Waals surface area contributed by atoms with Gasteiger partial charge in [-0.2, -0.15) is 5.10 Å². The summed E-state index contributed by atoms with van der Waals surface area (Å²) in [6.45, 7) is 0. The average Bonchev–Trinajstić information content (AvgIpc) is 3.05. The van der Waals surface area contributed by atoms with Crippen LogP contribution in [0.25, 0.3) is 11.3 Å². The molecule has 3 rings (SSSR count). The minimum atomic E-state index is -0.173. The predicted molar refractivity (Wildman–Crippen MR) is 83.8 cm³/mol. The van der Waals surface area contributed by atoms with E-state index in [1.165, 1.54) is 0 Å². The maximum atomic E-state index is 12.1. The molecule has 2 aromatic carbocycles. The van der Waals surface area contributed by atoms with Crippen LogP contribution < -0.4 is 5.32 Å². The summed E-state index contributed by atoms with van der Waals surface area (Å²) >= 11 is 0. The number of nitrogens with one attached hydrogen (secondary N) is 2. The van der Waals surface area contributed by atoms with Gasteiger partial charge < -0.3 is 5.32 Å². The van der Waals surface area contributed by atoms with E-state index in [2.05, 4.69) is 15.5 Å². The molecule has 0 unspecified atom stereocenters. The summed E-state index contributed by atoms with van der Waals surface area (Å²) in [5, 5.41) is 9.54. The number of aromatic amines is 1. The van der Waals surface area contributed by atoms with Gasteiger partial charge in [0, 0.05) is 16.8 Å². The highest BCUT2D eigenvalue weighted by Crippen LogP contribution is 2.21. The van der Waals surface area contributed by atoms with Gasteiger partial charge in [-0.05, 0) is 30.3 Å². The minimum absolute atomic E-state index is 0.173. The van der Waals surface area contributed by atoms with E-state index >= 15 is 0 Å². The molecule has 1 amide bonds. The monoisotopic (exact) mass is 291 g/mol. The van der Waals surface area contributed by atoms with Gasteiger partial charge >= 0.3 is 0 Å². The number of aldehydes is 1. The Labute approximate surface area is 127 Å². The molecule has 3 aromatic rings. The topological polar surface area (TPSA) is 74.8 Å². The standard InChI is InChI=1S/C17H13N3O2/c21-11-15-10-16(20-19-15)13-7-4-8-14(9-13)18-17(22)12-5-2-1-3-6-12/h1-11H,(H,18,22)(H,19,20). The average molecular weight is 291 g/mol. The van der Waals surface area contributed by atoms with Crippen LogP contribution in [0.5, 0.6) is 0 Å². The van der Waals surface area contributed by atoms with Crippen LogP contribution in [0.15, 0.2) is 60.7 Å². The minimum Gasteiger partial charge on any atom is -0.322 e. The molecule has 0 bridgehead atoms. The second kappa shape index (κ2) is 6.05. The molecule has 108 valence electrons. The highest BCUT2D eigenvalue weighted by molar-refractivity contribution is 6.04. The molecule has 0 aliphatic carbocycles. The molecule has 0 saturated carbocycles. The predicted octanol–water partition coefficient (Wildman–Crippen LogP) is 3.14. The van der Waals surface area contributed by atoms with Crippen molar-refractivity contribution in [2.45, 2.75) is 0 Å². The van der Waals surface area contributed by atoms with Gasteiger partial charge in [-0.25, -0.2) is 0 Å². The number of anilines is 1. The van der Waals surface area contributed by atoms with Crippen molar-refractivity contribution < 1.29 is 9.59 Å². The molecule has 0 radical (unpaired) electrons. The van der Waals surface area contributed by atoms with Crippen molar-refractivity contribution in [1.82, 2.24) is 10.2 Å². The zero-order chi connectivity index (χ0) is 15.4. The Morgan fingerprint density at radius 2 is 1.86 bits per heavy atom. The van der Waals surface area contributed by atoms with E-state index in [1.807, 2.05) is 36.4 Å². The van der Waals surface area contributed by atoms with Crippen molar-refractivity contribution in [1.29, 1.82) is 0 Å². The van der Waals surface area contributed by atoms with Crippen LogP contribution >= 0.6 is 0 Å².